The fourth-order valence-corrected chi connectivity index (χ4v) is 1.31. The summed E-state index contributed by atoms with van der Waals surface area (Å²) in [6.45, 7) is 10.4. The van der Waals surface area contributed by atoms with Crippen LogP contribution in [0, 0.1) is 5.41 Å². The molecule has 1 aromatic carbocycles. The van der Waals surface area contributed by atoms with Crippen molar-refractivity contribution in [2.75, 3.05) is 0 Å². The van der Waals surface area contributed by atoms with Gasteiger partial charge in [0, 0.05) is 0 Å². The van der Waals surface area contributed by atoms with Crippen LogP contribution in [0.2, 0.25) is 0 Å². The van der Waals surface area contributed by atoms with Crippen molar-refractivity contribution >= 4 is 17.8 Å². The van der Waals surface area contributed by atoms with E-state index in [1.54, 1.807) is 33.8 Å². The van der Waals surface area contributed by atoms with Crippen LogP contribution in [-0.2, 0) is 14.3 Å². The maximum atomic E-state index is 12.1. The fraction of sp³-hybridized carbons (Fsp3) is 0.294. The van der Waals surface area contributed by atoms with Crippen molar-refractivity contribution in [1.29, 1.82) is 0 Å². The SMILES string of the molecule is C=C(C)C(=O)/C(=C\c1ccccc1)OC(=O)C(C)(C)C. The highest BCUT2D eigenvalue weighted by molar-refractivity contribution is 6.09. The number of carbonyl (C=O) groups is 2. The van der Waals surface area contributed by atoms with Gasteiger partial charge in [-0.1, -0.05) is 36.9 Å². The Morgan fingerprint density at radius 1 is 1.15 bits per heavy atom. The highest BCUT2D eigenvalue weighted by Crippen LogP contribution is 2.20. The first-order valence-corrected chi connectivity index (χ1v) is 6.41. The van der Waals surface area contributed by atoms with Gasteiger partial charge in [0.25, 0.3) is 0 Å². The van der Waals surface area contributed by atoms with Crippen molar-refractivity contribution in [1.82, 2.24) is 0 Å². The molecule has 0 radical (unpaired) electrons. The molecular formula is C17H20O3. The van der Waals surface area contributed by atoms with Crippen LogP contribution in [0.4, 0.5) is 0 Å². The Kier molecular flexibility index (Phi) is 5.03. The molecule has 0 aliphatic carbocycles. The lowest BCUT2D eigenvalue weighted by atomic mass is 9.97. The maximum absolute atomic E-state index is 12.1. The number of hydrogen-bond acceptors (Lipinski definition) is 3. The van der Waals surface area contributed by atoms with Gasteiger partial charge >= 0.3 is 5.97 Å². The van der Waals surface area contributed by atoms with Gasteiger partial charge in [0.2, 0.25) is 5.78 Å². The summed E-state index contributed by atoms with van der Waals surface area (Å²) in [4.78, 5) is 24.0. The normalized spacial score (nSPS) is 11.9. The second-order valence-corrected chi connectivity index (χ2v) is 5.67. The molecular weight excluding hydrogens is 252 g/mol. The van der Waals surface area contributed by atoms with E-state index in [-0.39, 0.29) is 11.5 Å². The van der Waals surface area contributed by atoms with Gasteiger partial charge in [-0.3, -0.25) is 9.59 Å². The van der Waals surface area contributed by atoms with Crippen molar-refractivity contribution < 1.29 is 14.3 Å². The number of carbonyl (C=O) groups excluding carboxylic acids is 2. The van der Waals surface area contributed by atoms with E-state index >= 15 is 0 Å². The first-order chi connectivity index (χ1) is 9.21. The predicted molar refractivity (Wildman–Crippen MR) is 79.8 cm³/mol. The minimum Gasteiger partial charge on any atom is -0.422 e. The molecule has 1 rings (SSSR count). The lowest BCUT2D eigenvalue weighted by Crippen LogP contribution is -2.24. The third-order valence-corrected chi connectivity index (χ3v) is 2.52. The lowest BCUT2D eigenvalue weighted by Gasteiger charge is -2.17. The Balaban J connectivity index is 3.10. The lowest BCUT2D eigenvalue weighted by molar-refractivity contribution is -0.150. The number of hydrogen-bond donors (Lipinski definition) is 0. The molecule has 0 unspecified atom stereocenters. The molecule has 0 spiro atoms. The summed E-state index contributed by atoms with van der Waals surface area (Å²) in [6, 6.07) is 9.23. The number of esters is 1. The Morgan fingerprint density at radius 3 is 2.15 bits per heavy atom. The van der Waals surface area contributed by atoms with E-state index in [0.717, 1.165) is 5.56 Å². The van der Waals surface area contributed by atoms with E-state index < -0.39 is 11.4 Å². The van der Waals surface area contributed by atoms with Gasteiger partial charge in [-0.05, 0) is 44.9 Å². The third-order valence-electron chi connectivity index (χ3n) is 2.52. The molecule has 0 saturated carbocycles. The van der Waals surface area contributed by atoms with Crippen LogP contribution in [0.3, 0.4) is 0 Å². The van der Waals surface area contributed by atoms with E-state index in [1.807, 2.05) is 30.3 Å². The summed E-state index contributed by atoms with van der Waals surface area (Å²) < 4.78 is 5.25. The summed E-state index contributed by atoms with van der Waals surface area (Å²) in [5.74, 6) is -0.815. The highest BCUT2D eigenvalue weighted by Gasteiger charge is 2.26. The van der Waals surface area contributed by atoms with Gasteiger partial charge in [0.15, 0.2) is 5.76 Å². The van der Waals surface area contributed by atoms with E-state index in [4.69, 9.17) is 4.74 Å². The van der Waals surface area contributed by atoms with Gasteiger partial charge in [0.05, 0.1) is 5.41 Å². The zero-order valence-corrected chi connectivity index (χ0v) is 12.4. The van der Waals surface area contributed by atoms with Gasteiger partial charge in [-0.2, -0.15) is 0 Å². The molecule has 0 bridgehead atoms. The highest BCUT2D eigenvalue weighted by atomic mass is 16.5. The van der Waals surface area contributed by atoms with Crippen LogP contribution in [0.15, 0.2) is 48.2 Å². The van der Waals surface area contributed by atoms with Gasteiger partial charge in [0.1, 0.15) is 0 Å². The van der Waals surface area contributed by atoms with Crippen LogP contribution in [-0.4, -0.2) is 11.8 Å². The number of benzene rings is 1. The molecule has 0 amide bonds. The van der Waals surface area contributed by atoms with Crippen molar-refractivity contribution in [2.24, 2.45) is 5.41 Å². The minimum absolute atomic E-state index is 0.00336. The van der Waals surface area contributed by atoms with Crippen LogP contribution in [0.5, 0.6) is 0 Å². The summed E-state index contributed by atoms with van der Waals surface area (Å²) in [5, 5.41) is 0. The topological polar surface area (TPSA) is 43.4 Å². The number of ketones is 1. The second kappa shape index (κ2) is 6.33. The summed E-state index contributed by atoms with van der Waals surface area (Å²) in [6.07, 6.45) is 1.56. The molecule has 0 aromatic heterocycles. The molecule has 0 fully saturated rings. The van der Waals surface area contributed by atoms with E-state index in [0.29, 0.717) is 5.57 Å². The number of Topliss-reactive ketones (excluding diaryl/α,β-unsaturated/α-hetero) is 1. The fourth-order valence-electron chi connectivity index (χ4n) is 1.31. The maximum Gasteiger partial charge on any atom is 0.316 e. The van der Waals surface area contributed by atoms with Gasteiger partial charge < -0.3 is 4.74 Å². The molecule has 0 N–H and O–H groups in total. The zero-order chi connectivity index (χ0) is 15.3. The number of allylic oxidation sites excluding steroid dienone is 1. The second-order valence-electron chi connectivity index (χ2n) is 5.67. The van der Waals surface area contributed by atoms with Crippen LogP contribution < -0.4 is 0 Å². The first kappa shape index (κ1) is 15.9. The van der Waals surface area contributed by atoms with E-state index in [2.05, 4.69) is 6.58 Å². The van der Waals surface area contributed by atoms with Crippen molar-refractivity contribution in [2.45, 2.75) is 27.7 Å². The molecule has 3 nitrogen and oxygen atoms in total. The molecule has 106 valence electrons. The van der Waals surface area contributed by atoms with Crippen molar-refractivity contribution in [3.05, 3.63) is 53.8 Å². The molecule has 3 heteroatoms. The average Bonchev–Trinajstić information content (AvgIpc) is 2.37. The molecule has 20 heavy (non-hydrogen) atoms. The number of ether oxygens (including phenoxy) is 1. The molecule has 0 aliphatic rings. The quantitative estimate of drug-likeness (QED) is 0.476. The molecule has 0 aliphatic heterocycles. The standard InChI is InChI=1S/C17H20O3/c1-12(2)15(18)14(20-16(19)17(3,4)5)11-13-9-7-6-8-10-13/h6-11H,1H2,2-5H3/b14-11+. The average molecular weight is 272 g/mol. The van der Waals surface area contributed by atoms with Gasteiger partial charge in [-0.15, -0.1) is 0 Å². The summed E-state index contributed by atoms with van der Waals surface area (Å²) >= 11 is 0. The smallest absolute Gasteiger partial charge is 0.316 e. The molecule has 1 aromatic rings. The largest absolute Gasteiger partial charge is 0.422 e. The predicted octanol–water partition coefficient (Wildman–Crippen LogP) is 3.76. The van der Waals surface area contributed by atoms with Crippen molar-refractivity contribution in [3.63, 3.8) is 0 Å². The molecule has 0 saturated heterocycles. The minimum atomic E-state index is -0.675. The summed E-state index contributed by atoms with van der Waals surface area (Å²) in [7, 11) is 0. The third kappa shape index (κ3) is 4.50. The Morgan fingerprint density at radius 2 is 1.70 bits per heavy atom. The molecule has 0 heterocycles. The zero-order valence-electron chi connectivity index (χ0n) is 12.4. The van der Waals surface area contributed by atoms with Gasteiger partial charge in [-0.25, -0.2) is 0 Å². The van der Waals surface area contributed by atoms with Crippen LogP contribution in [0.25, 0.3) is 6.08 Å². The Hall–Kier alpha value is -2.16. The number of rotatable bonds is 4. The first-order valence-electron chi connectivity index (χ1n) is 6.41. The Bertz CT molecular complexity index is 545. The van der Waals surface area contributed by atoms with Crippen LogP contribution in [0.1, 0.15) is 33.3 Å². The van der Waals surface area contributed by atoms with Crippen molar-refractivity contribution in [3.8, 4) is 0 Å². The molecule has 0 atom stereocenters. The summed E-state index contributed by atoms with van der Waals surface area (Å²) in [5.41, 5.74) is 0.443. The van der Waals surface area contributed by atoms with E-state index in [1.165, 1.54) is 0 Å². The van der Waals surface area contributed by atoms with Crippen LogP contribution >= 0.6 is 0 Å². The van der Waals surface area contributed by atoms with E-state index in [9.17, 15) is 9.59 Å². The Labute approximate surface area is 120 Å². The monoisotopic (exact) mass is 272 g/mol.